The number of para-hydroxylation sites is 1. The summed E-state index contributed by atoms with van der Waals surface area (Å²) in [4.78, 5) is 33.2. The molecule has 1 aromatic heterocycles. The molecule has 136 valence electrons. The number of carbonyl (C=O) groups excluding carboxylic acids is 2. The number of rotatable bonds is 3. The number of ether oxygens (including phenoxy) is 1. The third-order valence-corrected chi connectivity index (χ3v) is 5.05. The number of nitrogens with zero attached hydrogens (tertiary/aromatic N) is 3. The highest BCUT2D eigenvalue weighted by Crippen LogP contribution is 2.40. The van der Waals surface area contributed by atoms with E-state index in [4.69, 9.17) is 9.72 Å². The van der Waals surface area contributed by atoms with Gasteiger partial charge in [-0.2, -0.15) is 0 Å². The first-order valence-corrected chi connectivity index (χ1v) is 9.28. The van der Waals surface area contributed by atoms with Crippen molar-refractivity contribution in [3.05, 3.63) is 41.6 Å². The van der Waals surface area contributed by atoms with E-state index in [1.54, 1.807) is 11.8 Å². The number of aromatic nitrogens is 1. The van der Waals surface area contributed by atoms with Crippen LogP contribution < -0.4 is 0 Å². The molecule has 2 amide bonds. The molecule has 26 heavy (non-hydrogen) atoms. The van der Waals surface area contributed by atoms with Crippen LogP contribution >= 0.6 is 0 Å². The van der Waals surface area contributed by atoms with Crippen LogP contribution in [0.25, 0.3) is 10.9 Å². The van der Waals surface area contributed by atoms with Gasteiger partial charge in [0.25, 0.3) is 5.91 Å². The van der Waals surface area contributed by atoms with Gasteiger partial charge in [-0.3, -0.25) is 9.78 Å². The van der Waals surface area contributed by atoms with Crippen LogP contribution in [0.4, 0.5) is 4.79 Å². The van der Waals surface area contributed by atoms with Gasteiger partial charge in [0.05, 0.1) is 17.7 Å². The number of benzene rings is 1. The molecule has 0 spiro atoms. The predicted octanol–water partition coefficient (Wildman–Crippen LogP) is 3.03. The van der Waals surface area contributed by atoms with E-state index in [9.17, 15) is 9.59 Å². The summed E-state index contributed by atoms with van der Waals surface area (Å²) in [6.07, 6.45) is 2.00. The Hall–Kier alpha value is -2.63. The Morgan fingerprint density at radius 1 is 1.12 bits per heavy atom. The number of carbonyl (C=O) groups is 2. The summed E-state index contributed by atoms with van der Waals surface area (Å²) in [5, 5.41) is 0.898. The van der Waals surface area contributed by atoms with Gasteiger partial charge in [0.2, 0.25) is 0 Å². The number of amides is 2. The second-order valence-corrected chi connectivity index (χ2v) is 6.86. The van der Waals surface area contributed by atoms with Crippen molar-refractivity contribution in [3.8, 4) is 0 Å². The lowest BCUT2D eigenvalue weighted by Gasteiger charge is -2.34. The van der Waals surface area contributed by atoms with Gasteiger partial charge >= 0.3 is 6.09 Å². The van der Waals surface area contributed by atoms with Crippen LogP contribution in [0.2, 0.25) is 0 Å². The molecule has 0 atom stereocenters. The molecule has 1 saturated carbocycles. The standard InChI is InChI=1S/C20H23N3O3/c1-2-26-20(25)23-11-9-22(10-12-23)19(24)16-13-18(14-7-8-14)21-17-6-4-3-5-15(16)17/h3-6,13-14H,2,7-12H2,1H3. The lowest BCUT2D eigenvalue weighted by molar-refractivity contribution is 0.0572. The first kappa shape index (κ1) is 16.8. The van der Waals surface area contributed by atoms with Crippen molar-refractivity contribution in [2.24, 2.45) is 0 Å². The van der Waals surface area contributed by atoms with E-state index in [0.717, 1.165) is 35.0 Å². The fraction of sp³-hybridized carbons (Fsp3) is 0.450. The van der Waals surface area contributed by atoms with Crippen molar-refractivity contribution in [3.63, 3.8) is 0 Å². The molecule has 1 aromatic carbocycles. The zero-order chi connectivity index (χ0) is 18.1. The monoisotopic (exact) mass is 353 g/mol. The Kier molecular flexibility index (Phi) is 4.49. The third kappa shape index (κ3) is 3.23. The molecule has 6 nitrogen and oxygen atoms in total. The zero-order valence-corrected chi connectivity index (χ0v) is 15.0. The minimum atomic E-state index is -0.301. The molecule has 0 N–H and O–H groups in total. The summed E-state index contributed by atoms with van der Waals surface area (Å²) in [7, 11) is 0. The number of hydrogen-bond acceptors (Lipinski definition) is 4. The van der Waals surface area contributed by atoms with Gasteiger partial charge in [-0.15, -0.1) is 0 Å². The van der Waals surface area contributed by atoms with Crippen molar-refractivity contribution >= 4 is 22.9 Å². The summed E-state index contributed by atoms with van der Waals surface area (Å²) in [6, 6.07) is 9.80. The molecular formula is C20H23N3O3. The topological polar surface area (TPSA) is 62.7 Å². The quantitative estimate of drug-likeness (QED) is 0.851. The maximum Gasteiger partial charge on any atom is 0.409 e. The summed E-state index contributed by atoms with van der Waals surface area (Å²) >= 11 is 0. The summed E-state index contributed by atoms with van der Waals surface area (Å²) in [6.45, 7) is 4.21. The smallest absolute Gasteiger partial charge is 0.409 e. The fourth-order valence-electron chi connectivity index (χ4n) is 3.44. The number of pyridine rings is 1. The van der Waals surface area contributed by atoms with Gasteiger partial charge in [-0.1, -0.05) is 18.2 Å². The first-order valence-electron chi connectivity index (χ1n) is 9.28. The molecule has 6 heteroatoms. The summed E-state index contributed by atoms with van der Waals surface area (Å²) in [5.74, 6) is 0.515. The van der Waals surface area contributed by atoms with Crippen molar-refractivity contribution in [1.29, 1.82) is 0 Å². The molecule has 1 aliphatic carbocycles. The van der Waals surface area contributed by atoms with E-state index < -0.39 is 0 Å². The van der Waals surface area contributed by atoms with Gasteiger partial charge in [-0.25, -0.2) is 4.79 Å². The van der Waals surface area contributed by atoms with Crippen LogP contribution in [-0.2, 0) is 4.74 Å². The average molecular weight is 353 g/mol. The molecule has 1 aliphatic heterocycles. The number of piperazine rings is 1. The van der Waals surface area contributed by atoms with Crippen LogP contribution in [0.15, 0.2) is 30.3 Å². The van der Waals surface area contributed by atoms with Crippen LogP contribution in [0.1, 0.15) is 41.7 Å². The minimum absolute atomic E-state index is 0.0222. The Morgan fingerprint density at radius 3 is 2.50 bits per heavy atom. The van der Waals surface area contributed by atoms with Crippen LogP contribution in [0.3, 0.4) is 0 Å². The highest BCUT2D eigenvalue weighted by atomic mass is 16.6. The largest absolute Gasteiger partial charge is 0.450 e. The first-order chi connectivity index (χ1) is 12.7. The second kappa shape index (κ2) is 6.94. The average Bonchev–Trinajstić information content (AvgIpc) is 3.52. The van der Waals surface area contributed by atoms with Crippen molar-refractivity contribution in [1.82, 2.24) is 14.8 Å². The maximum absolute atomic E-state index is 13.2. The summed E-state index contributed by atoms with van der Waals surface area (Å²) in [5.41, 5.74) is 2.63. The Bertz CT molecular complexity index is 839. The summed E-state index contributed by atoms with van der Waals surface area (Å²) < 4.78 is 5.04. The lowest BCUT2D eigenvalue weighted by Crippen LogP contribution is -2.50. The van der Waals surface area contributed by atoms with E-state index >= 15 is 0 Å². The third-order valence-electron chi connectivity index (χ3n) is 5.05. The van der Waals surface area contributed by atoms with E-state index in [1.165, 1.54) is 0 Å². The van der Waals surface area contributed by atoms with Crippen LogP contribution in [-0.4, -0.2) is 59.6 Å². The molecule has 1 saturated heterocycles. The molecule has 2 fully saturated rings. The predicted molar refractivity (Wildman–Crippen MR) is 98.2 cm³/mol. The molecule has 2 aromatic rings. The van der Waals surface area contributed by atoms with Crippen LogP contribution in [0, 0.1) is 0 Å². The Balaban J connectivity index is 1.56. The molecule has 0 radical (unpaired) electrons. The highest BCUT2D eigenvalue weighted by Gasteiger charge is 2.29. The van der Waals surface area contributed by atoms with E-state index in [1.807, 2.05) is 35.2 Å². The van der Waals surface area contributed by atoms with Crippen molar-refractivity contribution in [2.45, 2.75) is 25.7 Å². The minimum Gasteiger partial charge on any atom is -0.450 e. The number of fused-ring (bicyclic) bond motifs is 1. The highest BCUT2D eigenvalue weighted by molar-refractivity contribution is 6.06. The van der Waals surface area contributed by atoms with E-state index in [-0.39, 0.29) is 12.0 Å². The van der Waals surface area contributed by atoms with Crippen molar-refractivity contribution in [2.75, 3.05) is 32.8 Å². The van der Waals surface area contributed by atoms with Gasteiger partial charge in [0.15, 0.2) is 0 Å². The SMILES string of the molecule is CCOC(=O)N1CCN(C(=O)c2cc(C3CC3)nc3ccccc23)CC1. The fourth-order valence-corrected chi connectivity index (χ4v) is 3.44. The van der Waals surface area contributed by atoms with Gasteiger partial charge in [-0.05, 0) is 31.9 Å². The van der Waals surface area contributed by atoms with Gasteiger partial charge in [0, 0.05) is 43.2 Å². The van der Waals surface area contributed by atoms with Crippen molar-refractivity contribution < 1.29 is 14.3 Å². The van der Waals surface area contributed by atoms with Gasteiger partial charge < -0.3 is 14.5 Å². The van der Waals surface area contributed by atoms with Gasteiger partial charge in [0.1, 0.15) is 0 Å². The van der Waals surface area contributed by atoms with E-state index in [2.05, 4.69) is 0 Å². The molecule has 0 bridgehead atoms. The van der Waals surface area contributed by atoms with E-state index in [0.29, 0.717) is 38.7 Å². The molecule has 2 heterocycles. The Labute approximate surface area is 152 Å². The normalized spacial score (nSPS) is 17.4. The molecule has 0 unspecified atom stereocenters. The van der Waals surface area contributed by atoms with Crippen LogP contribution in [0.5, 0.6) is 0 Å². The maximum atomic E-state index is 13.2. The lowest BCUT2D eigenvalue weighted by atomic mass is 10.0. The molecular weight excluding hydrogens is 330 g/mol. The zero-order valence-electron chi connectivity index (χ0n) is 15.0. The Morgan fingerprint density at radius 2 is 1.81 bits per heavy atom. The second-order valence-electron chi connectivity index (χ2n) is 6.86. The molecule has 4 rings (SSSR count). The molecule has 2 aliphatic rings. The number of hydrogen-bond donors (Lipinski definition) is 0.